The first-order valence-electron chi connectivity index (χ1n) is 8.47. The van der Waals surface area contributed by atoms with Crippen molar-refractivity contribution in [2.75, 3.05) is 26.4 Å². The van der Waals surface area contributed by atoms with E-state index in [4.69, 9.17) is 9.47 Å². The van der Waals surface area contributed by atoms with Gasteiger partial charge in [0.2, 0.25) is 5.91 Å². The van der Waals surface area contributed by atoms with Gasteiger partial charge in [-0.2, -0.15) is 5.10 Å². The Labute approximate surface area is 139 Å². The zero-order valence-corrected chi connectivity index (χ0v) is 15.1. The number of carbonyl (C=O) groups excluding carboxylic acids is 1. The standard InChI is InChI=1S/C17H31N3O3/c1-6-22-10-8-9-18-17(21)13(3)11-16-14(4)19-20(15(16)5)12-23-7-2/h13H,6-12H2,1-5H3,(H,18,21). The molecule has 6 nitrogen and oxygen atoms in total. The van der Waals surface area contributed by atoms with Gasteiger partial charge in [-0.15, -0.1) is 0 Å². The lowest BCUT2D eigenvalue weighted by molar-refractivity contribution is -0.124. The van der Waals surface area contributed by atoms with Gasteiger partial charge >= 0.3 is 0 Å². The molecular weight excluding hydrogens is 294 g/mol. The van der Waals surface area contributed by atoms with Crippen LogP contribution in [0.4, 0.5) is 0 Å². The highest BCUT2D eigenvalue weighted by atomic mass is 16.5. The summed E-state index contributed by atoms with van der Waals surface area (Å²) in [5, 5.41) is 7.47. The van der Waals surface area contributed by atoms with Gasteiger partial charge in [-0.3, -0.25) is 4.79 Å². The molecule has 1 aromatic rings. The molecule has 0 aliphatic heterocycles. The molecule has 0 aromatic carbocycles. The lowest BCUT2D eigenvalue weighted by atomic mass is 9.99. The zero-order valence-electron chi connectivity index (χ0n) is 15.1. The molecule has 0 aliphatic carbocycles. The Balaban J connectivity index is 2.51. The number of carbonyl (C=O) groups is 1. The van der Waals surface area contributed by atoms with Gasteiger partial charge in [0.1, 0.15) is 6.73 Å². The first kappa shape index (κ1) is 19.6. The summed E-state index contributed by atoms with van der Waals surface area (Å²) in [6.45, 7) is 13.1. The minimum Gasteiger partial charge on any atom is -0.382 e. The number of nitrogens with zero attached hydrogens (tertiary/aromatic N) is 2. The first-order chi connectivity index (χ1) is 11.0. The molecule has 0 bridgehead atoms. The molecular formula is C17H31N3O3. The van der Waals surface area contributed by atoms with E-state index in [1.165, 1.54) is 0 Å². The van der Waals surface area contributed by atoms with Crippen LogP contribution in [-0.2, 0) is 27.4 Å². The highest BCUT2D eigenvalue weighted by molar-refractivity contribution is 5.78. The minimum atomic E-state index is -0.0794. The molecule has 6 heteroatoms. The Kier molecular flexibility index (Phi) is 8.87. The summed E-state index contributed by atoms with van der Waals surface area (Å²) in [4.78, 5) is 12.2. The van der Waals surface area contributed by atoms with Gasteiger partial charge in [0.25, 0.3) is 0 Å². The molecule has 0 spiro atoms. The average molecular weight is 325 g/mol. The minimum absolute atomic E-state index is 0.0794. The predicted molar refractivity (Wildman–Crippen MR) is 90.3 cm³/mol. The molecule has 0 radical (unpaired) electrons. The van der Waals surface area contributed by atoms with Crippen LogP contribution in [0, 0.1) is 19.8 Å². The Morgan fingerprint density at radius 1 is 1.26 bits per heavy atom. The molecule has 1 amide bonds. The van der Waals surface area contributed by atoms with E-state index in [-0.39, 0.29) is 11.8 Å². The number of aromatic nitrogens is 2. The second kappa shape index (κ2) is 10.4. The summed E-state index contributed by atoms with van der Waals surface area (Å²) in [6, 6.07) is 0. The molecule has 0 saturated carbocycles. The summed E-state index contributed by atoms with van der Waals surface area (Å²) in [5.41, 5.74) is 3.19. The van der Waals surface area contributed by atoms with Crippen LogP contribution in [0.15, 0.2) is 0 Å². The summed E-state index contributed by atoms with van der Waals surface area (Å²) in [5.74, 6) is 0.00194. The van der Waals surface area contributed by atoms with Crippen molar-refractivity contribution in [3.8, 4) is 0 Å². The van der Waals surface area contributed by atoms with Crippen LogP contribution < -0.4 is 5.32 Å². The molecule has 0 fully saturated rings. The molecule has 1 unspecified atom stereocenters. The molecule has 132 valence electrons. The molecule has 0 aliphatic rings. The third-order valence-electron chi connectivity index (χ3n) is 3.88. The third kappa shape index (κ3) is 6.31. The van der Waals surface area contributed by atoms with Gasteiger partial charge in [-0.25, -0.2) is 4.68 Å². The maximum Gasteiger partial charge on any atom is 0.223 e. The van der Waals surface area contributed by atoms with E-state index >= 15 is 0 Å². The predicted octanol–water partition coefficient (Wildman–Crippen LogP) is 2.22. The Bertz CT molecular complexity index is 486. The van der Waals surface area contributed by atoms with Crippen LogP contribution in [0.3, 0.4) is 0 Å². The van der Waals surface area contributed by atoms with Crippen molar-refractivity contribution in [2.24, 2.45) is 5.92 Å². The average Bonchev–Trinajstić information content (AvgIpc) is 2.79. The molecule has 0 saturated heterocycles. The van der Waals surface area contributed by atoms with E-state index in [1.807, 2.05) is 39.3 Å². The maximum absolute atomic E-state index is 12.2. The number of hydrogen-bond donors (Lipinski definition) is 1. The molecule has 1 rings (SSSR count). The molecule has 1 aromatic heterocycles. The number of rotatable bonds is 11. The zero-order chi connectivity index (χ0) is 17.2. The smallest absolute Gasteiger partial charge is 0.223 e. The van der Waals surface area contributed by atoms with Crippen LogP contribution in [0.5, 0.6) is 0 Å². The molecule has 1 N–H and O–H groups in total. The number of hydrogen-bond acceptors (Lipinski definition) is 4. The molecule has 23 heavy (non-hydrogen) atoms. The van der Waals surface area contributed by atoms with Gasteiger partial charge < -0.3 is 14.8 Å². The fourth-order valence-electron chi connectivity index (χ4n) is 2.44. The Hall–Kier alpha value is -1.40. The lowest BCUT2D eigenvalue weighted by Gasteiger charge is -2.13. The van der Waals surface area contributed by atoms with Crippen LogP contribution in [0.1, 0.15) is 44.1 Å². The van der Waals surface area contributed by atoms with Crippen molar-refractivity contribution in [1.29, 1.82) is 0 Å². The number of ether oxygens (including phenoxy) is 2. The van der Waals surface area contributed by atoms with E-state index in [0.717, 1.165) is 23.4 Å². The maximum atomic E-state index is 12.2. The van der Waals surface area contributed by atoms with E-state index in [0.29, 0.717) is 39.5 Å². The van der Waals surface area contributed by atoms with Crippen LogP contribution >= 0.6 is 0 Å². The second-order valence-corrected chi connectivity index (χ2v) is 5.72. The summed E-state index contributed by atoms with van der Waals surface area (Å²) in [6.07, 6.45) is 1.54. The molecule has 1 atom stereocenters. The summed E-state index contributed by atoms with van der Waals surface area (Å²) >= 11 is 0. The molecule has 1 heterocycles. The summed E-state index contributed by atoms with van der Waals surface area (Å²) < 4.78 is 12.5. The van der Waals surface area contributed by atoms with Crippen LogP contribution in [-0.4, -0.2) is 42.1 Å². The lowest BCUT2D eigenvalue weighted by Crippen LogP contribution is -2.31. The quantitative estimate of drug-likeness (QED) is 0.634. The normalized spacial score (nSPS) is 12.4. The van der Waals surface area contributed by atoms with E-state index < -0.39 is 0 Å². The number of amides is 1. The highest BCUT2D eigenvalue weighted by Crippen LogP contribution is 2.18. The second-order valence-electron chi connectivity index (χ2n) is 5.72. The SMILES string of the molecule is CCOCCCNC(=O)C(C)Cc1c(C)nn(COCC)c1C. The highest BCUT2D eigenvalue weighted by Gasteiger charge is 2.18. The fraction of sp³-hybridized carbons (Fsp3) is 0.765. The van der Waals surface area contributed by atoms with Crippen molar-refractivity contribution in [3.05, 3.63) is 17.0 Å². The largest absolute Gasteiger partial charge is 0.382 e. The van der Waals surface area contributed by atoms with Gasteiger partial charge in [-0.05, 0) is 46.1 Å². The van der Waals surface area contributed by atoms with Gasteiger partial charge in [0.05, 0.1) is 5.69 Å². The fourth-order valence-corrected chi connectivity index (χ4v) is 2.44. The van der Waals surface area contributed by atoms with Gasteiger partial charge in [0, 0.05) is 38.0 Å². The Morgan fingerprint density at radius 3 is 2.61 bits per heavy atom. The monoisotopic (exact) mass is 325 g/mol. The van der Waals surface area contributed by atoms with Crippen molar-refractivity contribution < 1.29 is 14.3 Å². The van der Waals surface area contributed by atoms with Crippen LogP contribution in [0.2, 0.25) is 0 Å². The van der Waals surface area contributed by atoms with E-state index in [9.17, 15) is 4.79 Å². The van der Waals surface area contributed by atoms with Crippen LogP contribution in [0.25, 0.3) is 0 Å². The van der Waals surface area contributed by atoms with Gasteiger partial charge in [-0.1, -0.05) is 6.92 Å². The topological polar surface area (TPSA) is 65.4 Å². The summed E-state index contributed by atoms with van der Waals surface area (Å²) in [7, 11) is 0. The third-order valence-corrected chi connectivity index (χ3v) is 3.88. The van der Waals surface area contributed by atoms with Crippen molar-refractivity contribution in [2.45, 2.75) is 54.2 Å². The van der Waals surface area contributed by atoms with Crippen molar-refractivity contribution in [1.82, 2.24) is 15.1 Å². The first-order valence-corrected chi connectivity index (χ1v) is 8.47. The van der Waals surface area contributed by atoms with Crippen molar-refractivity contribution >= 4 is 5.91 Å². The van der Waals surface area contributed by atoms with E-state index in [2.05, 4.69) is 10.4 Å². The number of nitrogens with one attached hydrogen (secondary N) is 1. The van der Waals surface area contributed by atoms with E-state index in [1.54, 1.807) is 0 Å². The van der Waals surface area contributed by atoms with Crippen molar-refractivity contribution in [3.63, 3.8) is 0 Å². The Morgan fingerprint density at radius 2 is 1.96 bits per heavy atom. The van der Waals surface area contributed by atoms with Gasteiger partial charge in [0.15, 0.2) is 0 Å². The number of aryl methyl sites for hydroxylation is 1.